The average Bonchev–Trinajstić information content (AvgIpc) is 3.07. The summed E-state index contributed by atoms with van der Waals surface area (Å²) in [6.45, 7) is 2.18. The lowest BCUT2D eigenvalue weighted by Crippen LogP contribution is -2.32. The highest BCUT2D eigenvalue weighted by Crippen LogP contribution is 2.37. The summed E-state index contributed by atoms with van der Waals surface area (Å²) in [5, 5.41) is 25.8. The number of aromatic hydroxyl groups is 1. The quantitative estimate of drug-likeness (QED) is 0.396. The molecule has 3 rings (SSSR count). The number of hydrogen-bond acceptors (Lipinski definition) is 7. The molecule has 3 N–H and O–H groups in total. The van der Waals surface area contributed by atoms with Crippen molar-refractivity contribution < 1.29 is 19.4 Å². The van der Waals surface area contributed by atoms with Gasteiger partial charge in [0.15, 0.2) is 11.5 Å². The highest BCUT2D eigenvalue weighted by molar-refractivity contribution is 7.16. The Labute approximate surface area is 171 Å². The van der Waals surface area contributed by atoms with E-state index in [1.807, 2.05) is 0 Å². The first-order valence-electron chi connectivity index (χ1n) is 9.18. The van der Waals surface area contributed by atoms with E-state index in [4.69, 9.17) is 4.74 Å². The number of fused-ring (bicyclic) bond motifs is 1. The molecule has 2 amide bonds. The molecule has 29 heavy (non-hydrogen) atoms. The number of amides is 2. The Balaban J connectivity index is 1.62. The molecule has 1 aromatic heterocycles. The van der Waals surface area contributed by atoms with Gasteiger partial charge >= 0.3 is 11.8 Å². The number of nitrogens with one attached hydrogen (secondary N) is 2. The lowest BCUT2D eigenvalue weighted by Gasteiger charge is -2.09. The van der Waals surface area contributed by atoms with Gasteiger partial charge in [0.1, 0.15) is 11.1 Å². The van der Waals surface area contributed by atoms with Gasteiger partial charge in [-0.05, 0) is 61.9 Å². The van der Waals surface area contributed by atoms with Gasteiger partial charge in [-0.15, -0.1) is 11.3 Å². The fourth-order valence-corrected chi connectivity index (χ4v) is 4.27. The van der Waals surface area contributed by atoms with Gasteiger partial charge in [-0.1, -0.05) is 0 Å². The number of carbonyl (C=O) groups excluding carboxylic acids is 2. The van der Waals surface area contributed by atoms with E-state index in [9.17, 15) is 20.0 Å². The number of phenolic OH excluding ortho intramolecular Hbond substituents is 1. The normalized spacial score (nSPS) is 12.8. The SMILES string of the molecule is CCOc1cc(C=NNC(=O)C(=O)Nc2sc3c(c2C#N)CCCC3)ccc1O. The van der Waals surface area contributed by atoms with Gasteiger partial charge in [0.2, 0.25) is 0 Å². The van der Waals surface area contributed by atoms with E-state index in [2.05, 4.69) is 21.9 Å². The molecule has 0 spiro atoms. The van der Waals surface area contributed by atoms with Crippen LogP contribution in [0.4, 0.5) is 5.00 Å². The lowest BCUT2D eigenvalue weighted by atomic mass is 9.96. The van der Waals surface area contributed by atoms with Crippen LogP contribution in [0.15, 0.2) is 23.3 Å². The second-order valence-electron chi connectivity index (χ2n) is 6.34. The van der Waals surface area contributed by atoms with E-state index in [0.717, 1.165) is 36.1 Å². The van der Waals surface area contributed by atoms with Crippen LogP contribution >= 0.6 is 11.3 Å². The molecule has 0 saturated heterocycles. The molecule has 9 heteroatoms. The Bertz CT molecular complexity index is 1010. The van der Waals surface area contributed by atoms with Crippen molar-refractivity contribution in [2.24, 2.45) is 5.10 Å². The van der Waals surface area contributed by atoms with Gasteiger partial charge in [-0.2, -0.15) is 10.4 Å². The van der Waals surface area contributed by atoms with E-state index in [0.29, 0.717) is 28.5 Å². The smallest absolute Gasteiger partial charge is 0.329 e. The van der Waals surface area contributed by atoms with Crippen LogP contribution in [0.2, 0.25) is 0 Å². The average molecular weight is 412 g/mol. The summed E-state index contributed by atoms with van der Waals surface area (Å²) in [5.41, 5.74) is 4.15. The van der Waals surface area contributed by atoms with Gasteiger partial charge in [0, 0.05) is 4.88 Å². The van der Waals surface area contributed by atoms with Crippen LogP contribution in [0.5, 0.6) is 11.5 Å². The molecule has 0 fully saturated rings. The van der Waals surface area contributed by atoms with Gasteiger partial charge in [0.25, 0.3) is 0 Å². The molecule has 0 unspecified atom stereocenters. The number of ether oxygens (including phenoxy) is 1. The standard InChI is InChI=1S/C20H20N4O4S/c1-2-28-16-9-12(7-8-15(16)25)11-22-24-19(27)18(26)23-20-14(10-21)13-5-3-4-6-17(13)29-20/h7-9,11,25H,2-6H2,1H3,(H,23,26)(H,24,27). The van der Waals surface area contributed by atoms with Gasteiger partial charge < -0.3 is 15.2 Å². The predicted molar refractivity (Wildman–Crippen MR) is 109 cm³/mol. The number of phenols is 1. The van der Waals surface area contributed by atoms with Crippen molar-refractivity contribution in [3.63, 3.8) is 0 Å². The third kappa shape index (κ3) is 4.73. The molecular weight excluding hydrogens is 392 g/mol. The highest BCUT2D eigenvalue weighted by Gasteiger charge is 2.23. The lowest BCUT2D eigenvalue weighted by molar-refractivity contribution is -0.136. The molecule has 2 aromatic rings. The Kier molecular flexibility index (Phi) is 6.46. The maximum atomic E-state index is 12.2. The third-order valence-corrected chi connectivity index (χ3v) is 5.59. The summed E-state index contributed by atoms with van der Waals surface area (Å²) in [4.78, 5) is 25.3. The second kappa shape index (κ2) is 9.21. The fourth-order valence-electron chi connectivity index (χ4n) is 3.03. The molecule has 0 bridgehead atoms. The number of nitrogens with zero attached hydrogens (tertiary/aromatic N) is 2. The number of thiophene rings is 1. The number of hydrazone groups is 1. The molecule has 0 atom stereocenters. The Morgan fingerprint density at radius 3 is 2.90 bits per heavy atom. The number of nitriles is 1. The van der Waals surface area contributed by atoms with Gasteiger partial charge in [-0.3, -0.25) is 9.59 Å². The molecule has 1 aliphatic rings. The molecular formula is C20H20N4O4S. The molecule has 0 saturated carbocycles. The molecule has 1 aliphatic carbocycles. The van der Waals surface area contributed by atoms with E-state index in [1.54, 1.807) is 19.1 Å². The molecule has 1 aromatic carbocycles. The molecule has 8 nitrogen and oxygen atoms in total. The van der Waals surface area contributed by atoms with Crippen LogP contribution in [-0.4, -0.2) is 29.7 Å². The first-order valence-corrected chi connectivity index (χ1v) is 10.00. The summed E-state index contributed by atoms with van der Waals surface area (Å²) in [6.07, 6.45) is 5.11. The first-order chi connectivity index (χ1) is 14.0. The summed E-state index contributed by atoms with van der Waals surface area (Å²) < 4.78 is 5.28. The minimum absolute atomic E-state index is 0.000597. The second-order valence-corrected chi connectivity index (χ2v) is 7.45. The summed E-state index contributed by atoms with van der Waals surface area (Å²) in [5.74, 6) is -1.54. The van der Waals surface area contributed by atoms with Crippen LogP contribution in [0.25, 0.3) is 0 Å². The van der Waals surface area contributed by atoms with Crippen molar-refractivity contribution in [2.45, 2.75) is 32.6 Å². The minimum Gasteiger partial charge on any atom is -0.504 e. The fraction of sp³-hybridized carbons (Fsp3) is 0.300. The number of carbonyl (C=O) groups is 2. The molecule has 0 aliphatic heterocycles. The van der Waals surface area contributed by atoms with Crippen LogP contribution in [0.1, 0.15) is 41.3 Å². The monoisotopic (exact) mass is 412 g/mol. The number of anilines is 1. The zero-order valence-electron chi connectivity index (χ0n) is 15.8. The van der Waals surface area contributed by atoms with Crippen molar-refractivity contribution in [2.75, 3.05) is 11.9 Å². The summed E-state index contributed by atoms with van der Waals surface area (Å²) in [6, 6.07) is 6.73. The van der Waals surface area contributed by atoms with Gasteiger partial charge in [-0.25, -0.2) is 5.43 Å². The Morgan fingerprint density at radius 1 is 1.34 bits per heavy atom. The number of rotatable bonds is 5. The minimum atomic E-state index is -0.944. The van der Waals surface area contributed by atoms with Crippen molar-refractivity contribution in [3.05, 3.63) is 39.8 Å². The van der Waals surface area contributed by atoms with Crippen molar-refractivity contribution in [1.29, 1.82) is 5.26 Å². The van der Waals surface area contributed by atoms with Crippen LogP contribution in [0.3, 0.4) is 0 Å². The van der Waals surface area contributed by atoms with Crippen LogP contribution in [0, 0.1) is 11.3 Å². The maximum absolute atomic E-state index is 12.2. The van der Waals surface area contributed by atoms with Crippen molar-refractivity contribution >= 4 is 34.4 Å². The van der Waals surface area contributed by atoms with Crippen LogP contribution < -0.4 is 15.5 Å². The number of hydrogen-bond donors (Lipinski definition) is 3. The van der Waals surface area contributed by atoms with E-state index < -0.39 is 11.8 Å². The van der Waals surface area contributed by atoms with Crippen molar-refractivity contribution in [1.82, 2.24) is 5.43 Å². The van der Waals surface area contributed by atoms with E-state index in [-0.39, 0.29) is 5.75 Å². The van der Waals surface area contributed by atoms with Crippen LogP contribution in [-0.2, 0) is 22.4 Å². The zero-order valence-corrected chi connectivity index (χ0v) is 16.6. The Hall–Kier alpha value is -3.38. The Morgan fingerprint density at radius 2 is 2.14 bits per heavy atom. The van der Waals surface area contributed by atoms with Gasteiger partial charge in [0.05, 0.1) is 18.4 Å². The van der Waals surface area contributed by atoms with E-state index >= 15 is 0 Å². The summed E-state index contributed by atoms with van der Waals surface area (Å²) >= 11 is 1.35. The summed E-state index contributed by atoms with van der Waals surface area (Å²) in [7, 11) is 0. The molecule has 150 valence electrons. The predicted octanol–water partition coefficient (Wildman–Crippen LogP) is 2.69. The number of aryl methyl sites for hydroxylation is 1. The molecule has 0 radical (unpaired) electrons. The largest absolute Gasteiger partial charge is 0.504 e. The third-order valence-electron chi connectivity index (χ3n) is 4.38. The topological polar surface area (TPSA) is 124 Å². The molecule has 1 heterocycles. The zero-order chi connectivity index (χ0) is 20.8. The number of benzene rings is 1. The highest BCUT2D eigenvalue weighted by atomic mass is 32.1. The maximum Gasteiger partial charge on any atom is 0.329 e. The first kappa shape index (κ1) is 20.4. The van der Waals surface area contributed by atoms with E-state index in [1.165, 1.54) is 23.6 Å². The van der Waals surface area contributed by atoms with Crippen molar-refractivity contribution in [3.8, 4) is 17.6 Å².